The molecule has 1 aromatic carbocycles. The molecule has 0 spiro atoms. The molecule has 1 saturated heterocycles. The number of hydrogen-bond donors (Lipinski definition) is 2. The number of aliphatic hydroxyl groups excluding tert-OH is 1. The second kappa shape index (κ2) is 5.79. The van der Waals surface area contributed by atoms with E-state index in [9.17, 15) is 10.2 Å². The lowest BCUT2D eigenvalue weighted by atomic mass is 9.96. The number of likely N-dealkylation sites (tertiary alicyclic amines) is 1. The lowest BCUT2D eigenvalue weighted by Gasteiger charge is -2.24. The van der Waals surface area contributed by atoms with Gasteiger partial charge in [-0.15, -0.1) is 0 Å². The summed E-state index contributed by atoms with van der Waals surface area (Å²) < 4.78 is 2.25. The first-order valence-corrected chi connectivity index (χ1v) is 7.70. The van der Waals surface area contributed by atoms with Gasteiger partial charge in [0, 0.05) is 31.3 Å². The van der Waals surface area contributed by atoms with Gasteiger partial charge in [0.15, 0.2) is 0 Å². The van der Waals surface area contributed by atoms with Crippen molar-refractivity contribution in [3.05, 3.63) is 36.0 Å². The second-order valence-corrected chi connectivity index (χ2v) is 6.27. The average molecular weight is 288 g/mol. The van der Waals surface area contributed by atoms with Crippen molar-refractivity contribution in [1.82, 2.24) is 9.47 Å². The van der Waals surface area contributed by atoms with Gasteiger partial charge in [-0.05, 0) is 43.3 Å². The largest absolute Gasteiger partial charge is 0.393 e. The summed E-state index contributed by atoms with van der Waals surface area (Å²) in [6, 6.07) is 10.7. The van der Waals surface area contributed by atoms with E-state index in [0.29, 0.717) is 12.8 Å². The SMILES string of the molecule is Cn1c(CN2CCC[C@@](O)(CO)CC2)cc2ccccc21. The van der Waals surface area contributed by atoms with Gasteiger partial charge >= 0.3 is 0 Å². The summed E-state index contributed by atoms with van der Waals surface area (Å²) in [4.78, 5) is 2.38. The minimum Gasteiger partial charge on any atom is -0.393 e. The standard InChI is InChI=1S/C17H24N2O2/c1-18-15(11-14-5-2-3-6-16(14)18)12-19-9-4-7-17(21,13-20)8-10-19/h2-3,5-6,11,20-21H,4,7-10,12-13H2,1H3/t17-/m0/s1. The van der Waals surface area contributed by atoms with Crippen LogP contribution in [0.1, 0.15) is 25.0 Å². The summed E-state index contributed by atoms with van der Waals surface area (Å²) in [7, 11) is 2.11. The highest BCUT2D eigenvalue weighted by molar-refractivity contribution is 5.81. The Morgan fingerprint density at radius 1 is 1.19 bits per heavy atom. The number of benzene rings is 1. The molecule has 4 heteroatoms. The zero-order valence-corrected chi connectivity index (χ0v) is 12.6. The average Bonchev–Trinajstić information content (AvgIpc) is 2.68. The first-order chi connectivity index (χ1) is 10.1. The predicted molar refractivity (Wildman–Crippen MR) is 84.1 cm³/mol. The van der Waals surface area contributed by atoms with Crippen molar-refractivity contribution in [2.75, 3.05) is 19.7 Å². The molecule has 1 aliphatic heterocycles. The van der Waals surface area contributed by atoms with E-state index in [2.05, 4.69) is 46.8 Å². The molecule has 4 nitrogen and oxygen atoms in total. The Morgan fingerprint density at radius 2 is 2.00 bits per heavy atom. The van der Waals surface area contributed by atoms with Crippen molar-refractivity contribution in [2.45, 2.75) is 31.4 Å². The van der Waals surface area contributed by atoms with Crippen LogP contribution in [0.15, 0.2) is 30.3 Å². The lowest BCUT2D eigenvalue weighted by Crippen LogP contribution is -2.34. The molecule has 3 rings (SSSR count). The number of para-hydroxylation sites is 1. The molecule has 0 amide bonds. The first kappa shape index (κ1) is 14.6. The summed E-state index contributed by atoms with van der Waals surface area (Å²) in [5, 5.41) is 20.8. The van der Waals surface area contributed by atoms with Crippen LogP contribution in [0.4, 0.5) is 0 Å². The van der Waals surface area contributed by atoms with Gasteiger partial charge in [0.05, 0.1) is 12.2 Å². The first-order valence-electron chi connectivity index (χ1n) is 7.70. The Morgan fingerprint density at radius 3 is 2.76 bits per heavy atom. The Balaban J connectivity index is 1.75. The highest BCUT2D eigenvalue weighted by Crippen LogP contribution is 2.24. The minimum atomic E-state index is -0.881. The monoisotopic (exact) mass is 288 g/mol. The Kier molecular flexibility index (Phi) is 4.02. The fourth-order valence-corrected chi connectivity index (χ4v) is 3.28. The van der Waals surface area contributed by atoms with E-state index in [1.165, 1.54) is 16.6 Å². The molecule has 0 aliphatic carbocycles. The van der Waals surface area contributed by atoms with Gasteiger partial charge in [-0.3, -0.25) is 4.90 Å². The lowest BCUT2D eigenvalue weighted by molar-refractivity contribution is -0.0255. The summed E-state index contributed by atoms with van der Waals surface area (Å²) in [6.07, 6.45) is 2.27. The van der Waals surface area contributed by atoms with Crippen LogP contribution in [0.3, 0.4) is 0 Å². The van der Waals surface area contributed by atoms with Crippen LogP contribution in [-0.4, -0.2) is 45.0 Å². The third kappa shape index (κ3) is 2.98. The number of aryl methyl sites for hydroxylation is 1. The van der Waals surface area contributed by atoms with Gasteiger partial charge in [-0.2, -0.15) is 0 Å². The number of nitrogens with zero attached hydrogens (tertiary/aromatic N) is 2. The van der Waals surface area contributed by atoms with Crippen molar-refractivity contribution < 1.29 is 10.2 Å². The predicted octanol–water partition coefficient (Wildman–Crippen LogP) is 1.89. The van der Waals surface area contributed by atoms with Crippen LogP contribution in [0.25, 0.3) is 10.9 Å². The fourth-order valence-electron chi connectivity index (χ4n) is 3.28. The van der Waals surface area contributed by atoms with E-state index in [1.54, 1.807) is 0 Å². The van der Waals surface area contributed by atoms with Gasteiger partial charge in [-0.1, -0.05) is 18.2 Å². The van der Waals surface area contributed by atoms with Gasteiger partial charge < -0.3 is 14.8 Å². The summed E-state index contributed by atoms with van der Waals surface area (Å²) in [5.74, 6) is 0. The van der Waals surface area contributed by atoms with E-state index in [4.69, 9.17) is 0 Å². The van der Waals surface area contributed by atoms with Gasteiger partial charge in [0.25, 0.3) is 0 Å². The molecule has 0 bridgehead atoms. The van der Waals surface area contributed by atoms with Crippen LogP contribution >= 0.6 is 0 Å². The molecule has 2 heterocycles. The van der Waals surface area contributed by atoms with E-state index in [1.807, 2.05) is 0 Å². The second-order valence-electron chi connectivity index (χ2n) is 6.27. The maximum absolute atomic E-state index is 10.2. The number of fused-ring (bicyclic) bond motifs is 1. The van der Waals surface area contributed by atoms with E-state index in [-0.39, 0.29) is 6.61 Å². The molecule has 0 radical (unpaired) electrons. The number of hydrogen-bond acceptors (Lipinski definition) is 3. The Hall–Kier alpha value is -1.36. The maximum atomic E-state index is 10.2. The molecule has 1 atom stereocenters. The molecule has 1 aliphatic rings. The van der Waals surface area contributed by atoms with Crippen LogP contribution in [0.5, 0.6) is 0 Å². The summed E-state index contributed by atoms with van der Waals surface area (Å²) in [6.45, 7) is 2.57. The molecular formula is C17H24N2O2. The molecule has 21 heavy (non-hydrogen) atoms. The minimum absolute atomic E-state index is 0.130. The molecule has 2 aromatic rings. The maximum Gasteiger partial charge on any atom is 0.0890 e. The van der Waals surface area contributed by atoms with Crippen LogP contribution in [0, 0.1) is 0 Å². The number of rotatable bonds is 3. The number of aromatic nitrogens is 1. The Labute approximate surface area is 125 Å². The Bertz CT molecular complexity index is 622. The van der Waals surface area contributed by atoms with Crippen molar-refractivity contribution in [2.24, 2.45) is 7.05 Å². The molecule has 2 N–H and O–H groups in total. The smallest absolute Gasteiger partial charge is 0.0890 e. The summed E-state index contributed by atoms with van der Waals surface area (Å²) >= 11 is 0. The third-order valence-electron chi connectivity index (χ3n) is 4.74. The molecule has 0 saturated carbocycles. The highest BCUT2D eigenvalue weighted by Gasteiger charge is 2.29. The zero-order valence-electron chi connectivity index (χ0n) is 12.6. The van der Waals surface area contributed by atoms with Crippen molar-refractivity contribution in [1.29, 1.82) is 0 Å². The molecule has 0 unspecified atom stereocenters. The normalized spacial score (nSPS) is 24.3. The van der Waals surface area contributed by atoms with Crippen molar-refractivity contribution in [3.8, 4) is 0 Å². The quantitative estimate of drug-likeness (QED) is 0.907. The van der Waals surface area contributed by atoms with E-state index >= 15 is 0 Å². The fraction of sp³-hybridized carbons (Fsp3) is 0.529. The van der Waals surface area contributed by atoms with Crippen molar-refractivity contribution in [3.63, 3.8) is 0 Å². The molecule has 1 fully saturated rings. The van der Waals surface area contributed by atoms with Gasteiger partial charge in [-0.25, -0.2) is 0 Å². The van der Waals surface area contributed by atoms with Crippen LogP contribution in [-0.2, 0) is 13.6 Å². The third-order valence-corrected chi connectivity index (χ3v) is 4.74. The van der Waals surface area contributed by atoms with Crippen molar-refractivity contribution >= 4 is 10.9 Å². The molecule has 1 aromatic heterocycles. The van der Waals surface area contributed by atoms with Gasteiger partial charge in [0.1, 0.15) is 0 Å². The van der Waals surface area contributed by atoms with Gasteiger partial charge in [0.2, 0.25) is 0 Å². The topological polar surface area (TPSA) is 48.6 Å². The zero-order chi connectivity index (χ0) is 14.9. The van der Waals surface area contributed by atoms with E-state index in [0.717, 1.165) is 26.1 Å². The van der Waals surface area contributed by atoms with Crippen LogP contribution < -0.4 is 0 Å². The molecule has 114 valence electrons. The number of aliphatic hydroxyl groups is 2. The molecular weight excluding hydrogens is 264 g/mol. The highest BCUT2D eigenvalue weighted by atomic mass is 16.3. The van der Waals surface area contributed by atoms with E-state index < -0.39 is 5.60 Å². The summed E-state index contributed by atoms with van der Waals surface area (Å²) in [5.41, 5.74) is 1.67. The van der Waals surface area contributed by atoms with Crippen LogP contribution in [0.2, 0.25) is 0 Å².